The summed E-state index contributed by atoms with van der Waals surface area (Å²) in [7, 11) is 0. The largest absolute Gasteiger partial charge is 0.493 e. The van der Waals surface area contributed by atoms with E-state index in [1.807, 2.05) is 0 Å². The third kappa shape index (κ3) is 3.80. The number of aromatic nitrogens is 2. The van der Waals surface area contributed by atoms with Crippen LogP contribution in [0.1, 0.15) is 46.9 Å². The monoisotopic (exact) mass is 398 g/mol. The van der Waals surface area contributed by atoms with E-state index in [9.17, 15) is 9.59 Å². The average molecular weight is 398 g/mol. The zero-order valence-corrected chi connectivity index (χ0v) is 16.7. The number of rotatable bonds is 6. The molecule has 28 heavy (non-hydrogen) atoms. The highest BCUT2D eigenvalue weighted by Gasteiger charge is 2.21. The lowest BCUT2D eigenvalue weighted by molar-refractivity contribution is 0.0462. The van der Waals surface area contributed by atoms with Crippen molar-refractivity contribution in [1.82, 2.24) is 9.97 Å². The molecule has 3 aromatic rings. The molecule has 1 aliphatic rings. The van der Waals surface area contributed by atoms with Gasteiger partial charge in [0.1, 0.15) is 23.0 Å². The highest BCUT2D eigenvalue weighted by molar-refractivity contribution is 7.18. The Morgan fingerprint density at radius 1 is 1.25 bits per heavy atom. The van der Waals surface area contributed by atoms with Gasteiger partial charge >= 0.3 is 5.97 Å². The zero-order valence-electron chi connectivity index (χ0n) is 15.9. The van der Waals surface area contributed by atoms with Crippen LogP contribution in [0.5, 0.6) is 5.75 Å². The molecule has 0 fully saturated rings. The van der Waals surface area contributed by atoms with Crippen LogP contribution in [0.15, 0.2) is 29.1 Å². The summed E-state index contributed by atoms with van der Waals surface area (Å²) in [6.07, 6.45) is 3.04. The van der Waals surface area contributed by atoms with Gasteiger partial charge < -0.3 is 14.5 Å². The average Bonchev–Trinajstić information content (AvgIpc) is 3.25. The Kier molecular flexibility index (Phi) is 5.17. The van der Waals surface area contributed by atoms with Crippen molar-refractivity contribution in [3.63, 3.8) is 0 Å². The maximum absolute atomic E-state index is 12.4. The predicted molar refractivity (Wildman–Crippen MR) is 108 cm³/mol. The number of aromatic amines is 1. The van der Waals surface area contributed by atoms with Crippen molar-refractivity contribution < 1.29 is 14.3 Å². The van der Waals surface area contributed by atoms with E-state index in [1.165, 1.54) is 4.88 Å². The van der Waals surface area contributed by atoms with Crippen molar-refractivity contribution in [2.24, 2.45) is 5.92 Å². The number of benzene rings is 1. The normalized spacial score (nSPS) is 13.1. The number of hydrogen-bond acceptors (Lipinski definition) is 6. The van der Waals surface area contributed by atoms with Crippen molar-refractivity contribution in [2.75, 3.05) is 6.61 Å². The Balaban J connectivity index is 1.43. The van der Waals surface area contributed by atoms with E-state index in [0.717, 1.165) is 29.7 Å². The van der Waals surface area contributed by atoms with Gasteiger partial charge in [0.05, 0.1) is 17.6 Å². The quantitative estimate of drug-likeness (QED) is 0.638. The molecule has 1 N–H and O–H groups in total. The molecule has 6 nitrogen and oxygen atoms in total. The lowest BCUT2D eigenvalue weighted by atomic mass is 10.2. The molecule has 4 rings (SSSR count). The van der Waals surface area contributed by atoms with E-state index in [0.29, 0.717) is 35.0 Å². The number of fused-ring (bicyclic) bond motifs is 3. The van der Waals surface area contributed by atoms with E-state index < -0.39 is 5.97 Å². The molecule has 0 radical (unpaired) electrons. The Labute approximate surface area is 166 Å². The third-order valence-electron chi connectivity index (χ3n) is 4.64. The summed E-state index contributed by atoms with van der Waals surface area (Å²) in [4.78, 5) is 33.9. The van der Waals surface area contributed by atoms with Crippen LogP contribution in [0.2, 0.25) is 0 Å². The molecule has 0 saturated heterocycles. The lowest BCUT2D eigenvalue weighted by Crippen LogP contribution is -2.14. The summed E-state index contributed by atoms with van der Waals surface area (Å²) in [6, 6.07) is 6.83. The molecule has 0 aliphatic heterocycles. The van der Waals surface area contributed by atoms with Crippen LogP contribution in [-0.4, -0.2) is 22.5 Å². The standard InChI is InChI=1S/C21H22N2O4S/c1-12(2)10-26-14-8-6-13(7-9-14)21(25)27-11-17-22-19(24)18-15-4-3-5-16(15)28-20(18)23-17/h6-9,12H,3-5,10-11H2,1-2H3,(H,22,23,24). The number of nitrogens with one attached hydrogen (secondary N) is 1. The van der Waals surface area contributed by atoms with Crippen LogP contribution in [-0.2, 0) is 24.2 Å². The van der Waals surface area contributed by atoms with E-state index in [2.05, 4.69) is 23.8 Å². The fourth-order valence-electron chi connectivity index (χ4n) is 3.28. The van der Waals surface area contributed by atoms with Crippen LogP contribution in [0, 0.1) is 5.92 Å². The molecule has 0 saturated carbocycles. The number of hydrogen-bond donors (Lipinski definition) is 1. The van der Waals surface area contributed by atoms with Crippen molar-refractivity contribution in [1.29, 1.82) is 0 Å². The fourth-order valence-corrected chi connectivity index (χ4v) is 4.56. The summed E-state index contributed by atoms with van der Waals surface area (Å²) in [5, 5.41) is 0.699. The number of carbonyl (C=O) groups is 1. The van der Waals surface area contributed by atoms with Crippen LogP contribution in [0.4, 0.5) is 0 Å². The number of carbonyl (C=O) groups excluding carboxylic acids is 1. The highest BCUT2D eigenvalue weighted by Crippen LogP contribution is 2.34. The SMILES string of the molecule is CC(C)COc1ccc(C(=O)OCc2nc3sc4c(c3c(=O)[nH]2)CCC4)cc1. The smallest absolute Gasteiger partial charge is 0.338 e. The Morgan fingerprint density at radius 2 is 2.04 bits per heavy atom. The second kappa shape index (κ2) is 7.75. The molecule has 146 valence electrons. The predicted octanol–water partition coefficient (Wildman–Crippen LogP) is 3.87. The molecule has 0 bridgehead atoms. The first-order valence-electron chi connectivity index (χ1n) is 9.44. The van der Waals surface area contributed by atoms with Gasteiger partial charge in [-0.05, 0) is 55.0 Å². The maximum Gasteiger partial charge on any atom is 0.338 e. The van der Waals surface area contributed by atoms with E-state index in [4.69, 9.17) is 9.47 Å². The van der Waals surface area contributed by atoms with Crippen molar-refractivity contribution in [3.05, 3.63) is 56.4 Å². The number of nitrogens with zero attached hydrogens (tertiary/aromatic N) is 1. The molecule has 2 heterocycles. The van der Waals surface area contributed by atoms with Crippen LogP contribution in [0.3, 0.4) is 0 Å². The number of esters is 1. The van der Waals surface area contributed by atoms with Gasteiger partial charge in [0.25, 0.3) is 5.56 Å². The number of thiophene rings is 1. The molecular formula is C21H22N2O4S. The summed E-state index contributed by atoms with van der Waals surface area (Å²) in [5.74, 6) is 1.04. The summed E-state index contributed by atoms with van der Waals surface area (Å²) in [5.41, 5.74) is 1.41. The van der Waals surface area contributed by atoms with E-state index in [-0.39, 0.29) is 12.2 Å². The van der Waals surface area contributed by atoms with Crippen LogP contribution in [0.25, 0.3) is 10.2 Å². The van der Waals surface area contributed by atoms with Gasteiger partial charge in [0.15, 0.2) is 0 Å². The van der Waals surface area contributed by atoms with Crippen LogP contribution >= 0.6 is 11.3 Å². The minimum Gasteiger partial charge on any atom is -0.493 e. The second-order valence-corrected chi connectivity index (χ2v) is 8.44. The van der Waals surface area contributed by atoms with Gasteiger partial charge in [-0.1, -0.05) is 13.8 Å². The van der Waals surface area contributed by atoms with Gasteiger partial charge in [-0.3, -0.25) is 4.79 Å². The fraction of sp³-hybridized carbons (Fsp3) is 0.381. The zero-order chi connectivity index (χ0) is 19.7. The van der Waals surface area contributed by atoms with Crippen molar-refractivity contribution in [2.45, 2.75) is 39.7 Å². The molecule has 1 aliphatic carbocycles. The number of ether oxygens (including phenoxy) is 2. The first-order chi connectivity index (χ1) is 13.5. The molecule has 0 spiro atoms. The minimum atomic E-state index is -0.466. The van der Waals surface area contributed by atoms with Gasteiger partial charge in [-0.2, -0.15) is 0 Å². The number of aryl methyl sites for hydroxylation is 2. The van der Waals surface area contributed by atoms with Gasteiger partial charge in [0.2, 0.25) is 0 Å². The van der Waals surface area contributed by atoms with Crippen molar-refractivity contribution >= 4 is 27.5 Å². The minimum absolute atomic E-state index is 0.0712. The topological polar surface area (TPSA) is 81.3 Å². The Hall–Kier alpha value is -2.67. The number of H-pyrrole nitrogens is 1. The second-order valence-electron chi connectivity index (χ2n) is 7.36. The lowest BCUT2D eigenvalue weighted by Gasteiger charge is -2.09. The molecule has 1 aromatic carbocycles. The molecule has 2 aromatic heterocycles. The summed E-state index contributed by atoms with van der Waals surface area (Å²) < 4.78 is 10.9. The molecular weight excluding hydrogens is 376 g/mol. The van der Waals surface area contributed by atoms with Gasteiger partial charge in [0, 0.05) is 4.88 Å². The Bertz CT molecular complexity index is 1070. The van der Waals surface area contributed by atoms with E-state index in [1.54, 1.807) is 35.6 Å². The molecule has 0 unspecified atom stereocenters. The Morgan fingerprint density at radius 3 is 2.79 bits per heavy atom. The first kappa shape index (κ1) is 18.7. The maximum atomic E-state index is 12.4. The van der Waals surface area contributed by atoms with Gasteiger partial charge in [-0.15, -0.1) is 11.3 Å². The molecule has 0 atom stereocenters. The molecule has 0 amide bonds. The van der Waals surface area contributed by atoms with Crippen LogP contribution < -0.4 is 10.3 Å². The van der Waals surface area contributed by atoms with E-state index >= 15 is 0 Å². The highest BCUT2D eigenvalue weighted by atomic mass is 32.1. The molecule has 7 heteroatoms. The van der Waals surface area contributed by atoms with Crippen molar-refractivity contribution in [3.8, 4) is 5.75 Å². The third-order valence-corrected chi connectivity index (χ3v) is 5.82. The van der Waals surface area contributed by atoms with Gasteiger partial charge in [-0.25, -0.2) is 9.78 Å². The first-order valence-corrected chi connectivity index (χ1v) is 10.3. The summed E-state index contributed by atoms with van der Waals surface area (Å²) in [6.45, 7) is 4.70. The summed E-state index contributed by atoms with van der Waals surface area (Å²) >= 11 is 1.57.